The Bertz CT molecular complexity index is 633. The monoisotopic (exact) mass is 317 g/mol. The Morgan fingerprint density at radius 1 is 0.826 bits per heavy atom. The fourth-order valence-corrected chi connectivity index (χ4v) is 2.53. The summed E-state index contributed by atoms with van der Waals surface area (Å²) in [5, 5.41) is 20.2. The Balaban J connectivity index is 1.49. The van der Waals surface area contributed by atoms with E-state index in [4.69, 9.17) is 0 Å². The highest BCUT2D eigenvalue weighted by Crippen LogP contribution is 1.98. The largest absolute Gasteiger partial charge is 0.387 e. The van der Waals surface area contributed by atoms with E-state index in [0.717, 1.165) is 0 Å². The normalized spacial score (nSPS) is 14.0. The smallest absolute Gasteiger partial charge is 0.243 e. The maximum absolute atomic E-state index is 10.1. The van der Waals surface area contributed by atoms with E-state index < -0.39 is 12.2 Å². The first-order valence-corrected chi connectivity index (χ1v) is 7.51. The number of rotatable bonds is 8. The number of aromatic nitrogens is 6. The zero-order valence-corrected chi connectivity index (χ0v) is 12.8. The summed E-state index contributed by atoms with van der Waals surface area (Å²) in [7, 11) is 0. The number of aliphatic hydroxyl groups is 2. The molecule has 3 heterocycles. The van der Waals surface area contributed by atoms with Crippen LogP contribution in [0.2, 0.25) is 0 Å². The molecule has 0 spiro atoms. The van der Waals surface area contributed by atoms with E-state index in [9.17, 15) is 10.2 Å². The molecular weight excluding hydrogens is 296 g/mol. The summed E-state index contributed by atoms with van der Waals surface area (Å²) < 4.78 is 7.51. The van der Waals surface area contributed by atoms with Crippen LogP contribution in [0, 0.1) is 0 Å². The summed E-state index contributed by atoms with van der Waals surface area (Å²) in [5.74, 6) is 0. The van der Waals surface area contributed by atoms with Gasteiger partial charge in [-0.3, -0.25) is 0 Å². The minimum Gasteiger partial charge on any atom is -0.387 e. The number of hydrogen-bond donors (Lipinski definition) is 2. The van der Waals surface area contributed by atoms with Gasteiger partial charge in [-0.15, -0.1) is 0 Å². The molecule has 0 fully saturated rings. The summed E-state index contributed by atoms with van der Waals surface area (Å²) in [4.78, 5) is 7.91. The highest BCUT2D eigenvalue weighted by molar-refractivity contribution is 4.77. The molecule has 2 unspecified atom stereocenters. The van der Waals surface area contributed by atoms with Crippen molar-refractivity contribution in [2.24, 2.45) is 0 Å². The molecule has 0 saturated carbocycles. The molecule has 0 radical (unpaired) electrons. The van der Waals surface area contributed by atoms with Crippen molar-refractivity contribution >= 4 is 0 Å². The summed E-state index contributed by atoms with van der Waals surface area (Å²) in [6, 6.07) is 0. The van der Waals surface area contributed by atoms with Crippen molar-refractivity contribution in [1.82, 2.24) is 23.7 Å². The van der Waals surface area contributed by atoms with Crippen molar-refractivity contribution in [2.75, 3.05) is 0 Å². The number of aliphatic hydroxyl groups excluding tert-OH is 2. The molecule has 2 N–H and O–H groups in total. The van der Waals surface area contributed by atoms with Gasteiger partial charge in [0.25, 0.3) is 0 Å². The van der Waals surface area contributed by atoms with Crippen LogP contribution >= 0.6 is 0 Å². The van der Waals surface area contributed by atoms with Crippen molar-refractivity contribution in [1.29, 1.82) is 0 Å². The van der Waals surface area contributed by atoms with Crippen molar-refractivity contribution < 1.29 is 14.8 Å². The van der Waals surface area contributed by atoms with Crippen LogP contribution in [0.15, 0.2) is 56.2 Å². The van der Waals surface area contributed by atoms with Crippen LogP contribution in [0.4, 0.5) is 0 Å². The maximum atomic E-state index is 10.1. The van der Waals surface area contributed by atoms with Gasteiger partial charge < -0.3 is 19.3 Å². The van der Waals surface area contributed by atoms with E-state index in [0.29, 0.717) is 26.2 Å². The summed E-state index contributed by atoms with van der Waals surface area (Å²) in [6.07, 6.45) is 15.1. The van der Waals surface area contributed by atoms with Crippen LogP contribution in [-0.4, -0.2) is 46.1 Å². The van der Waals surface area contributed by atoms with Crippen molar-refractivity contribution in [2.45, 2.75) is 38.4 Å². The standard InChI is InChI=1S/C15H21N6O2/c22-14(7-18-3-1-16-11-18)9-20-5-6-21(13-20)10-15(23)8-19-4-2-17-12-19/h1-6,11-15,22-23H,7-10H2/q+1. The molecule has 2 atom stereocenters. The van der Waals surface area contributed by atoms with E-state index >= 15 is 0 Å². The minimum atomic E-state index is -0.499. The lowest BCUT2D eigenvalue weighted by atomic mass is 10.3. The molecule has 0 aliphatic carbocycles. The second-order valence-electron chi connectivity index (χ2n) is 5.63. The predicted molar refractivity (Wildman–Crippen MR) is 81.1 cm³/mol. The van der Waals surface area contributed by atoms with Gasteiger partial charge in [-0.25, -0.2) is 19.1 Å². The van der Waals surface area contributed by atoms with Crippen molar-refractivity contribution in [3.05, 3.63) is 56.2 Å². The first-order chi connectivity index (χ1) is 11.2. The zero-order chi connectivity index (χ0) is 16.1. The molecule has 3 aromatic rings. The van der Waals surface area contributed by atoms with Gasteiger partial charge in [-0.05, 0) is 0 Å². The van der Waals surface area contributed by atoms with Crippen LogP contribution in [0.3, 0.4) is 0 Å². The third-order valence-corrected chi connectivity index (χ3v) is 3.55. The highest BCUT2D eigenvalue weighted by atomic mass is 16.3. The SMILES string of the molecule is OC(Cn1ccnc1)Cn1cc[n+](CC(O)Cn2ccnc2)c1. The first-order valence-electron chi connectivity index (χ1n) is 7.51. The maximum Gasteiger partial charge on any atom is 0.243 e. The van der Waals surface area contributed by atoms with Crippen molar-refractivity contribution in [3.8, 4) is 0 Å². The van der Waals surface area contributed by atoms with Crippen LogP contribution in [0.5, 0.6) is 0 Å². The fraction of sp³-hybridized carbons (Fsp3) is 0.400. The van der Waals surface area contributed by atoms with Gasteiger partial charge >= 0.3 is 0 Å². The van der Waals surface area contributed by atoms with Crippen LogP contribution in [-0.2, 0) is 26.2 Å². The lowest BCUT2D eigenvalue weighted by Crippen LogP contribution is -2.39. The Kier molecular flexibility index (Phi) is 4.84. The van der Waals surface area contributed by atoms with Gasteiger partial charge in [0, 0.05) is 24.8 Å². The first kappa shape index (κ1) is 15.4. The molecule has 0 aromatic carbocycles. The second-order valence-corrected chi connectivity index (χ2v) is 5.63. The van der Waals surface area contributed by atoms with Crippen LogP contribution < -0.4 is 4.57 Å². The number of imidazole rings is 3. The number of hydrogen-bond acceptors (Lipinski definition) is 4. The van der Waals surface area contributed by atoms with Gasteiger partial charge in [0.1, 0.15) is 37.7 Å². The second kappa shape index (κ2) is 7.21. The molecule has 0 bridgehead atoms. The van der Waals surface area contributed by atoms with Crippen LogP contribution in [0.25, 0.3) is 0 Å². The summed E-state index contributed by atoms with van der Waals surface area (Å²) in [6.45, 7) is 1.98. The van der Waals surface area contributed by atoms with E-state index in [1.54, 1.807) is 25.0 Å². The molecule has 3 aromatic heterocycles. The van der Waals surface area contributed by atoms with Gasteiger partial charge in [-0.1, -0.05) is 0 Å². The zero-order valence-electron chi connectivity index (χ0n) is 12.8. The van der Waals surface area contributed by atoms with Gasteiger partial charge in [0.15, 0.2) is 0 Å². The average Bonchev–Trinajstić information content (AvgIpc) is 3.22. The lowest BCUT2D eigenvalue weighted by molar-refractivity contribution is -0.703. The Hall–Kier alpha value is -2.45. The van der Waals surface area contributed by atoms with Crippen LogP contribution in [0.1, 0.15) is 0 Å². The minimum absolute atomic E-state index is 0.489. The third-order valence-electron chi connectivity index (χ3n) is 3.55. The molecular formula is C15H21N6O2+. The quantitative estimate of drug-likeness (QED) is 0.538. The molecule has 122 valence electrons. The fourth-order valence-electron chi connectivity index (χ4n) is 2.53. The molecule has 0 aliphatic heterocycles. The third kappa shape index (κ3) is 4.51. The molecule has 8 nitrogen and oxygen atoms in total. The predicted octanol–water partition coefficient (Wildman–Crippen LogP) is -0.709. The Morgan fingerprint density at radius 2 is 1.43 bits per heavy atom. The molecule has 3 rings (SSSR count). The van der Waals surface area contributed by atoms with E-state index in [-0.39, 0.29) is 0 Å². The molecule has 0 saturated heterocycles. The Morgan fingerprint density at radius 3 is 2.04 bits per heavy atom. The molecule has 0 aliphatic rings. The average molecular weight is 317 g/mol. The van der Waals surface area contributed by atoms with E-state index in [1.807, 2.05) is 49.4 Å². The molecule has 0 amide bonds. The lowest BCUT2D eigenvalue weighted by Gasteiger charge is -2.09. The topological polar surface area (TPSA) is 84.9 Å². The van der Waals surface area contributed by atoms with Gasteiger partial charge in [0.05, 0.1) is 25.7 Å². The number of nitrogens with zero attached hydrogens (tertiary/aromatic N) is 6. The van der Waals surface area contributed by atoms with E-state index in [1.165, 1.54) is 0 Å². The summed E-state index contributed by atoms with van der Waals surface area (Å²) >= 11 is 0. The molecule has 23 heavy (non-hydrogen) atoms. The van der Waals surface area contributed by atoms with Gasteiger partial charge in [0.2, 0.25) is 6.33 Å². The molecule has 8 heteroatoms. The summed E-state index contributed by atoms with van der Waals surface area (Å²) in [5.41, 5.74) is 0. The van der Waals surface area contributed by atoms with Gasteiger partial charge in [-0.2, -0.15) is 0 Å². The highest BCUT2D eigenvalue weighted by Gasteiger charge is 2.14. The van der Waals surface area contributed by atoms with E-state index in [2.05, 4.69) is 9.97 Å². The van der Waals surface area contributed by atoms with Crippen molar-refractivity contribution in [3.63, 3.8) is 0 Å². The Labute approximate surface area is 133 Å².